The van der Waals surface area contributed by atoms with Crippen LogP contribution in [0.5, 0.6) is 0 Å². The van der Waals surface area contributed by atoms with E-state index in [9.17, 15) is 13.2 Å². The Morgan fingerprint density at radius 1 is 1.62 bits per heavy atom. The van der Waals surface area contributed by atoms with Gasteiger partial charge in [0.15, 0.2) is 5.03 Å². The Balaban J connectivity index is 2.60. The summed E-state index contributed by atoms with van der Waals surface area (Å²) < 4.78 is 24.7. The van der Waals surface area contributed by atoms with E-state index in [1.807, 2.05) is 0 Å². The lowest BCUT2D eigenvalue weighted by Crippen LogP contribution is -2.28. The van der Waals surface area contributed by atoms with Gasteiger partial charge in [0.25, 0.3) is 10.0 Å². The van der Waals surface area contributed by atoms with E-state index in [4.69, 9.17) is 5.11 Å². The first-order valence-corrected chi connectivity index (χ1v) is 6.05. The molecule has 1 aromatic heterocycles. The van der Waals surface area contributed by atoms with Crippen molar-refractivity contribution in [3.63, 3.8) is 0 Å². The van der Waals surface area contributed by atoms with Gasteiger partial charge in [-0.2, -0.15) is 4.31 Å². The lowest BCUT2D eigenvalue weighted by Gasteiger charge is -2.14. The number of hydrogen-bond acceptors (Lipinski definition) is 4. The molecular weight excluding hydrogens is 234 g/mol. The molecule has 90 valence electrons. The van der Waals surface area contributed by atoms with Crippen LogP contribution in [-0.4, -0.2) is 47.4 Å². The second-order valence-corrected chi connectivity index (χ2v) is 5.25. The first-order valence-electron chi connectivity index (χ1n) is 4.61. The number of aromatic nitrogens is 2. The molecular formula is C8H13N3O4S. The van der Waals surface area contributed by atoms with Crippen LogP contribution in [0.25, 0.3) is 0 Å². The van der Waals surface area contributed by atoms with Gasteiger partial charge in [0.05, 0.1) is 12.5 Å². The lowest BCUT2D eigenvalue weighted by atomic mass is 10.3. The Morgan fingerprint density at radius 2 is 2.31 bits per heavy atom. The highest BCUT2D eigenvalue weighted by atomic mass is 32.2. The molecule has 0 unspecified atom stereocenters. The van der Waals surface area contributed by atoms with Gasteiger partial charge in [-0.25, -0.2) is 13.4 Å². The average molecular weight is 247 g/mol. The molecule has 1 rings (SSSR count). The van der Waals surface area contributed by atoms with Crippen LogP contribution in [0.4, 0.5) is 0 Å². The van der Waals surface area contributed by atoms with Crippen molar-refractivity contribution >= 4 is 16.0 Å². The Labute approximate surface area is 93.2 Å². The van der Waals surface area contributed by atoms with Crippen molar-refractivity contribution in [2.24, 2.45) is 0 Å². The van der Waals surface area contributed by atoms with E-state index >= 15 is 0 Å². The monoisotopic (exact) mass is 247 g/mol. The van der Waals surface area contributed by atoms with Gasteiger partial charge < -0.3 is 10.1 Å². The molecule has 16 heavy (non-hydrogen) atoms. The highest BCUT2D eigenvalue weighted by molar-refractivity contribution is 7.89. The predicted octanol–water partition coefficient (Wildman–Crippen LogP) is -0.105. The topological polar surface area (TPSA) is 103 Å². The van der Waals surface area contributed by atoms with E-state index in [0.717, 1.165) is 4.31 Å². The maximum atomic E-state index is 11.8. The third-order valence-corrected chi connectivity index (χ3v) is 3.81. The quantitative estimate of drug-likeness (QED) is 0.730. The molecule has 0 aromatic carbocycles. The van der Waals surface area contributed by atoms with Crippen molar-refractivity contribution in [3.8, 4) is 0 Å². The summed E-state index contributed by atoms with van der Waals surface area (Å²) in [4.78, 5) is 16.4. The summed E-state index contributed by atoms with van der Waals surface area (Å²) in [7, 11) is -2.17. The summed E-state index contributed by atoms with van der Waals surface area (Å²) in [6, 6.07) is 0. The van der Waals surface area contributed by atoms with Gasteiger partial charge in [-0.15, -0.1) is 0 Å². The number of nitrogens with one attached hydrogen (secondary N) is 1. The molecule has 0 fully saturated rings. The van der Waals surface area contributed by atoms with Crippen molar-refractivity contribution < 1.29 is 18.3 Å². The van der Waals surface area contributed by atoms with E-state index in [-0.39, 0.29) is 24.4 Å². The van der Waals surface area contributed by atoms with Crippen LogP contribution >= 0.6 is 0 Å². The number of sulfonamides is 1. The third-order valence-electron chi connectivity index (χ3n) is 2.03. The Kier molecular flexibility index (Phi) is 4.02. The molecule has 1 heterocycles. The first-order chi connectivity index (χ1) is 7.44. The Hall–Kier alpha value is -1.41. The van der Waals surface area contributed by atoms with Gasteiger partial charge in [0, 0.05) is 20.0 Å². The molecule has 0 atom stereocenters. The maximum Gasteiger partial charge on any atom is 0.303 e. The molecule has 2 N–H and O–H groups in total. The predicted molar refractivity (Wildman–Crippen MR) is 55.3 cm³/mol. The summed E-state index contributed by atoms with van der Waals surface area (Å²) in [5, 5.41) is 8.43. The summed E-state index contributed by atoms with van der Waals surface area (Å²) in [6.45, 7) is 0.160. The smallest absolute Gasteiger partial charge is 0.303 e. The highest BCUT2D eigenvalue weighted by Gasteiger charge is 2.21. The number of aliphatic carboxylic acids is 1. The van der Waals surface area contributed by atoms with Crippen LogP contribution in [0.2, 0.25) is 0 Å². The number of carbonyl (C=O) groups is 1. The van der Waals surface area contributed by atoms with Gasteiger partial charge in [-0.3, -0.25) is 4.79 Å². The van der Waals surface area contributed by atoms with Crippen LogP contribution < -0.4 is 0 Å². The molecule has 8 heteroatoms. The minimum atomic E-state index is -3.57. The van der Waals surface area contributed by atoms with E-state index in [1.165, 1.54) is 19.6 Å². The van der Waals surface area contributed by atoms with Gasteiger partial charge >= 0.3 is 5.97 Å². The zero-order valence-corrected chi connectivity index (χ0v) is 9.57. The summed E-state index contributed by atoms with van der Waals surface area (Å²) in [5.74, 6) is -0.938. The van der Waals surface area contributed by atoms with Crippen LogP contribution in [0.15, 0.2) is 17.6 Å². The maximum absolute atomic E-state index is 11.8. The zero-order valence-electron chi connectivity index (χ0n) is 8.75. The molecule has 0 bridgehead atoms. The Morgan fingerprint density at radius 3 is 2.81 bits per heavy atom. The van der Waals surface area contributed by atoms with Gasteiger partial charge in [0.1, 0.15) is 0 Å². The van der Waals surface area contributed by atoms with Crippen LogP contribution in [-0.2, 0) is 14.8 Å². The fraction of sp³-hybridized carbons (Fsp3) is 0.500. The van der Waals surface area contributed by atoms with E-state index in [2.05, 4.69) is 9.97 Å². The zero-order chi connectivity index (χ0) is 12.2. The van der Waals surface area contributed by atoms with Gasteiger partial charge in [0.2, 0.25) is 0 Å². The molecule has 0 spiro atoms. The summed E-state index contributed by atoms with van der Waals surface area (Å²) in [6.07, 6.45) is 2.71. The highest BCUT2D eigenvalue weighted by Crippen LogP contribution is 2.10. The molecule has 1 aromatic rings. The van der Waals surface area contributed by atoms with Crippen molar-refractivity contribution in [1.29, 1.82) is 0 Å². The average Bonchev–Trinajstić information content (AvgIpc) is 2.69. The number of nitrogens with zero attached hydrogens (tertiary/aromatic N) is 2. The first kappa shape index (κ1) is 12.7. The van der Waals surface area contributed by atoms with E-state index < -0.39 is 16.0 Å². The van der Waals surface area contributed by atoms with E-state index in [0.29, 0.717) is 0 Å². The van der Waals surface area contributed by atoms with Crippen molar-refractivity contribution in [2.75, 3.05) is 13.6 Å². The lowest BCUT2D eigenvalue weighted by molar-refractivity contribution is -0.137. The van der Waals surface area contributed by atoms with Crippen LogP contribution in [0.3, 0.4) is 0 Å². The molecule has 0 saturated carbocycles. The molecule has 0 radical (unpaired) electrons. The summed E-state index contributed by atoms with van der Waals surface area (Å²) in [5.41, 5.74) is 0. The van der Waals surface area contributed by atoms with Gasteiger partial charge in [-0.05, 0) is 6.42 Å². The number of H-pyrrole nitrogens is 1. The molecule has 0 saturated heterocycles. The number of carboxylic acids is 1. The molecule has 0 amide bonds. The van der Waals surface area contributed by atoms with Crippen molar-refractivity contribution in [2.45, 2.75) is 17.9 Å². The van der Waals surface area contributed by atoms with Gasteiger partial charge in [-0.1, -0.05) is 0 Å². The number of rotatable bonds is 6. The largest absolute Gasteiger partial charge is 0.481 e. The standard InChI is InChI=1S/C8H13N3O4S/c1-11(4-2-3-8(12)13)16(14,15)7-5-9-6-10-7/h5-6H,2-4H2,1H3,(H,9,10)(H,12,13). The number of carboxylic acid groups (broad SMARTS) is 1. The number of hydrogen-bond donors (Lipinski definition) is 2. The normalized spacial score (nSPS) is 11.9. The fourth-order valence-corrected chi connectivity index (χ4v) is 2.23. The van der Waals surface area contributed by atoms with Crippen LogP contribution in [0.1, 0.15) is 12.8 Å². The Bertz CT molecular complexity index is 440. The minimum Gasteiger partial charge on any atom is -0.481 e. The fourth-order valence-electron chi connectivity index (χ4n) is 1.13. The third kappa shape index (κ3) is 3.04. The molecule has 0 aliphatic heterocycles. The van der Waals surface area contributed by atoms with Crippen molar-refractivity contribution in [1.82, 2.24) is 14.3 Å². The summed E-state index contributed by atoms with van der Waals surface area (Å²) >= 11 is 0. The number of imidazole rings is 1. The number of aromatic amines is 1. The molecule has 0 aliphatic carbocycles. The second-order valence-electron chi connectivity index (χ2n) is 3.24. The second kappa shape index (κ2) is 5.08. The van der Waals surface area contributed by atoms with Crippen LogP contribution in [0, 0.1) is 0 Å². The SMILES string of the molecule is CN(CCCC(=O)O)S(=O)(=O)c1cnc[nH]1. The van der Waals surface area contributed by atoms with Crippen molar-refractivity contribution in [3.05, 3.63) is 12.5 Å². The molecule has 0 aliphatic rings. The minimum absolute atomic E-state index is 0.00493. The molecule has 7 nitrogen and oxygen atoms in total. The van der Waals surface area contributed by atoms with E-state index in [1.54, 1.807) is 0 Å².